The van der Waals surface area contributed by atoms with Gasteiger partial charge in [0.2, 0.25) is 0 Å². The van der Waals surface area contributed by atoms with E-state index < -0.39 is 11.7 Å². The van der Waals surface area contributed by atoms with Gasteiger partial charge in [0, 0.05) is 22.5 Å². The number of benzene rings is 3. The van der Waals surface area contributed by atoms with Gasteiger partial charge in [-0.15, -0.1) is 0 Å². The highest BCUT2D eigenvalue weighted by atomic mass is 16.6. The van der Waals surface area contributed by atoms with Crippen LogP contribution in [0.4, 0.5) is 16.2 Å². The van der Waals surface area contributed by atoms with E-state index in [2.05, 4.69) is 10.6 Å². The first-order chi connectivity index (χ1) is 13.8. The van der Waals surface area contributed by atoms with Gasteiger partial charge in [-0.3, -0.25) is 10.1 Å². The number of nitrogens with one attached hydrogen (secondary N) is 2. The van der Waals surface area contributed by atoms with E-state index in [0.29, 0.717) is 16.9 Å². The Kier molecular flexibility index (Phi) is 5.98. The number of amides is 2. The Bertz CT molecular complexity index is 1010. The summed E-state index contributed by atoms with van der Waals surface area (Å²) in [6.45, 7) is 5.38. The molecular weight excluding hydrogens is 364 g/mol. The van der Waals surface area contributed by atoms with Crippen LogP contribution >= 0.6 is 0 Å². The second-order valence-corrected chi connectivity index (χ2v) is 7.57. The largest absolute Gasteiger partial charge is 0.444 e. The molecule has 0 spiro atoms. The van der Waals surface area contributed by atoms with Gasteiger partial charge in [0.05, 0.1) is 0 Å². The standard InChI is InChI=1S/C24H24N2O3/c1-24(2,3)29-23(28)25-19-13-9-12-18(16-19)22(27)26-21-15-8-7-14-20(21)17-10-5-4-6-11-17/h4-16H,1-3H3,(H,25,28)(H,26,27). The number of ether oxygens (including phenoxy) is 1. The lowest BCUT2D eigenvalue weighted by atomic mass is 10.0. The molecule has 3 aromatic carbocycles. The molecule has 2 N–H and O–H groups in total. The van der Waals surface area contributed by atoms with Crippen molar-refractivity contribution in [2.45, 2.75) is 26.4 Å². The van der Waals surface area contributed by atoms with Gasteiger partial charge >= 0.3 is 6.09 Å². The SMILES string of the molecule is CC(C)(C)OC(=O)Nc1cccc(C(=O)Nc2ccccc2-c2ccccc2)c1. The molecule has 0 aliphatic rings. The minimum atomic E-state index is -0.597. The molecule has 0 fully saturated rings. The van der Waals surface area contributed by atoms with Gasteiger partial charge in [-0.2, -0.15) is 0 Å². The Morgan fingerprint density at radius 3 is 2.21 bits per heavy atom. The first kappa shape index (κ1) is 20.1. The Morgan fingerprint density at radius 2 is 1.48 bits per heavy atom. The summed E-state index contributed by atoms with van der Waals surface area (Å²) in [7, 11) is 0. The topological polar surface area (TPSA) is 67.4 Å². The van der Waals surface area contributed by atoms with Crippen molar-refractivity contribution in [1.82, 2.24) is 0 Å². The van der Waals surface area contributed by atoms with Gasteiger partial charge < -0.3 is 10.1 Å². The van der Waals surface area contributed by atoms with Crippen LogP contribution in [0.2, 0.25) is 0 Å². The molecule has 0 radical (unpaired) electrons. The van der Waals surface area contributed by atoms with E-state index in [1.807, 2.05) is 54.6 Å². The predicted octanol–water partition coefficient (Wildman–Crippen LogP) is 5.95. The summed E-state index contributed by atoms with van der Waals surface area (Å²) in [6.07, 6.45) is -0.565. The summed E-state index contributed by atoms with van der Waals surface area (Å²) in [5.74, 6) is -0.263. The summed E-state index contributed by atoms with van der Waals surface area (Å²) in [5, 5.41) is 5.61. The molecule has 0 heterocycles. The lowest BCUT2D eigenvalue weighted by Gasteiger charge is -2.19. The molecule has 0 aromatic heterocycles. The number of rotatable bonds is 4. The maximum atomic E-state index is 12.8. The fourth-order valence-electron chi connectivity index (χ4n) is 2.82. The number of carbonyl (C=O) groups is 2. The van der Waals surface area contributed by atoms with Gasteiger partial charge in [0.1, 0.15) is 5.60 Å². The van der Waals surface area contributed by atoms with Crippen LogP contribution in [0.1, 0.15) is 31.1 Å². The molecule has 0 bridgehead atoms. The Labute approximate surface area is 170 Å². The van der Waals surface area contributed by atoms with Gasteiger partial charge in [0.15, 0.2) is 0 Å². The van der Waals surface area contributed by atoms with Crippen molar-refractivity contribution >= 4 is 23.4 Å². The molecule has 0 saturated carbocycles. The van der Waals surface area contributed by atoms with Gasteiger partial charge in [-0.05, 0) is 50.6 Å². The molecule has 2 amide bonds. The van der Waals surface area contributed by atoms with Crippen molar-refractivity contribution < 1.29 is 14.3 Å². The zero-order valence-corrected chi connectivity index (χ0v) is 16.7. The van der Waals surface area contributed by atoms with Crippen molar-refractivity contribution in [1.29, 1.82) is 0 Å². The Morgan fingerprint density at radius 1 is 0.793 bits per heavy atom. The quantitative estimate of drug-likeness (QED) is 0.580. The zero-order chi connectivity index (χ0) is 20.9. The van der Waals surface area contributed by atoms with E-state index in [-0.39, 0.29) is 5.91 Å². The Hall–Kier alpha value is -3.60. The van der Waals surface area contributed by atoms with E-state index in [1.54, 1.807) is 45.0 Å². The third kappa shape index (κ3) is 5.69. The Balaban J connectivity index is 1.77. The number of para-hydroxylation sites is 1. The average molecular weight is 388 g/mol. The fourth-order valence-corrected chi connectivity index (χ4v) is 2.82. The predicted molar refractivity (Wildman–Crippen MR) is 116 cm³/mol. The number of anilines is 2. The van der Waals surface area contributed by atoms with Crippen LogP contribution in [-0.2, 0) is 4.74 Å². The molecule has 3 rings (SSSR count). The highest BCUT2D eigenvalue weighted by molar-refractivity contribution is 6.07. The van der Waals surface area contributed by atoms with Gasteiger partial charge in [-0.1, -0.05) is 54.6 Å². The summed E-state index contributed by atoms with van der Waals surface area (Å²) in [5.41, 5.74) is 2.99. The van der Waals surface area contributed by atoms with Crippen LogP contribution in [0.15, 0.2) is 78.9 Å². The molecule has 5 heteroatoms. The van der Waals surface area contributed by atoms with Crippen molar-refractivity contribution in [3.63, 3.8) is 0 Å². The maximum absolute atomic E-state index is 12.8. The van der Waals surface area contributed by atoms with Crippen LogP contribution in [0.5, 0.6) is 0 Å². The summed E-state index contributed by atoms with van der Waals surface area (Å²) in [6, 6.07) is 24.2. The smallest absolute Gasteiger partial charge is 0.412 e. The molecule has 0 unspecified atom stereocenters. The molecule has 0 aliphatic carbocycles. The van der Waals surface area contributed by atoms with Gasteiger partial charge in [0.25, 0.3) is 5.91 Å². The van der Waals surface area contributed by atoms with E-state index in [1.165, 1.54) is 0 Å². The van der Waals surface area contributed by atoms with Crippen LogP contribution < -0.4 is 10.6 Å². The van der Waals surface area contributed by atoms with Gasteiger partial charge in [-0.25, -0.2) is 4.79 Å². The van der Waals surface area contributed by atoms with Crippen LogP contribution in [0, 0.1) is 0 Å². The van der Waals surface area contributed by atoms with E-state index in [9.17, 15) is 9.59 Å². The third-order valence-corrected chi connectivity index (χ3v) is 4.03. The molecule has 0 atom stereocenters. The average Bonchev–Trinajstić information content (AvgIpc) is 2.68. The van der Waals surface area contributed by atoms with E-state index in [0.717, 1.165) is 11.1 Å². The van der Waals surface area contributed by atoms with Crippen LogP contribution in [0.3, 0.4) is 0 Å². The van der Waals surface area contributed by atoms with Crippen LogP contribution in [0.25, 0.3) is 11.1 Å². The lowest BCUT2D eigenvalue weighted by Crippen LogP contribution is -2.27. The minimum Gasteiger partial charge on any atom is -0.444 e. The minimum absolute atomic E-state index is 0.263. The maximum Gasteiger partial charge on any atom is 0.412 e. The normalized spacial score (nSPS) is 10.9. The molecule has 0 saturated heterocycles. The molecule has 3 aromatic rings. The number of hydrogen-bond donors (Lipinski definition) is 2. The molecule has 5 nitrogen and oxygen atoms in total. The number of hydrogen-bond acceptors (Lipinski definition) is 3. The summed E-state index contributed by atoms with van der Waals surface area (Å²) < 4.78 is 5.25. The number of carbonyl (C=O) groups excluding carboxylic acids is 2. The third-order valence-electron chi connectivity index (χ3n) is 4.03. The zero-order valence-electron chi connectivity index (χ0n) is 16.7. The van der Waals surface area contributed by atoms with E-state index >= 15 is 0 Å². The van der Waals surface area contributed by atoms with Crippen molar-refractivity contribution in [2.75, 3.05) is 10.6 Å². The molecule has 148 valence electrons. The highest BCUT2D eigenvalue weighted by Crippen LogP contribution is 2.28. The van der Waals surface area contributed by atoms with Crippen LogP contribution in [-0.4, -0.2) is 17.6 Å². The lowest BCUT2D eigenvalue weighted by molar-refractivity contribution is 0.0635. The monoisotopic (exact) mass is 388 g/mol. The highest BCUT2D eigenvalue weighted by Gasteiger charge is 2.17. The second-order valence-electron chi connectivity index (χ2n) is 7.57. The first-order valence-corrected chi connectivity index (χ1v) is 9.38. The molecule has 29 heavy (non-hydrogen) atoms. The van der Waals surface area contributed by atoms with Crippen molar-refractivity contribution in [3.8, 4) is 11.1 Å². The van der Waals surface area contributed by atoms with E-state index in [4.69, 9.17) is 4.74 Å². The van der Waals surface area contributed by atoms with Crippen molar-refractivity contribution in [2.24, 2.45) is 0 Å². The first-order valence-electron chi connectivity index (χ1n) is 9.38. The van der Waals surface area contributed by atoms with Crippen molar-refractivity contribution in [3.05, 3.63) is 84.4 Å². The fraction of sp³-hybridized carbons (Fsp3) is 0.167. The summed E-state index contributed by atoms with van der Waals surface area (Å²) in [4.78, 5) is 24.8. The summed E-state index contributed by atoms with van der Waals surface area (Å²) >= 11 is 0. The molecular formula is C24H24N2O3. The second kappa shape index (κ2) is 8.61. The molecule has 0 aliphatic heterocycles.